The van der Waals surface area contributed by atoms with Crippen molar-refractivity contribution in [1.82, 2.24) is 5.32 Å². The van der Waals surface area contributed by atoms with Crippen LogP contribution in [0, 0.1) is 17.3 Å². The molecule has 5 rings (SSSR count). The number of benzene rings is 1. The minimum atomic E-state index is -0.103. The molecule has 130 valence electrons. The second-order valence-corrected chi connectivity index (χ2v) is 9.85. The monoisotopic (exact) mass is 391 g/mol. The van der Waals surface area contributed by atoms with E-state index in [0.29, 0.717) is 19.1 Å². The number of ether oxygens (including phenoxy) is 1. The minimum absolute atomic E-state index is 0.103. The molecule has 24 heavy (non-hydrogen) atoms. The van der Waals surface area contributed by atoms with Crippen LogP contribution in [0.2, 0.25) is 0 Å². The molecule has 0 aliphatic heterocycles. The maximum Gasteiger partial charge on any atom is 0.226 e. The van der Waals surface area contributed by atoms with E-state index in [4.69, 9.17) is 4.74 Å². The minimum Gasteiger partial charge on any atom is -0.494 e. The highest BCUT2D eigenvalue weighted by Crippen LogP contribution is 2.64. The van der Waals surface area contributed by atoms with Crippen molar-refractivity contribution in [2.24, 2.45) is 17.3 Å². The Kier molecular flexibility index (Phi) is 4.36. The first-order valence-electron chi connectivity index (χ1n) is 9.22. The van der Waals surface area contributed by atoms with Crippen LogP contribution in [0.3, 0.4) is 0 Å². The van der Waals surface area contributed by atoms with Crippen molar-refractivity contribution in [2.75, 3.05) is 13.2 Å². The van der Waals surface area contributed by atoms with E-state index in [0.717, 1.165) is 43.3 Å². The van der Waals surface area contributed by atoms with Gasteiger partial charge in [-0.2, -0.15) is 0 Å². The van der Waals surface area contributed by atoms with Crippen molar-refractivity contribution in [3.8, 4) is 5.75 Å². The number of carbonyl (C=O) groups is 1. The molecule has 0 radical (unpaired) electrons. The first kappa shape index (κ1) is 16.4. The van der Waals surface area contributed by atoms with Gasteiger partial charge in [0.25, 0.3) is 0 Å². The van der Waals surface area contributed by atoms with E-state index in [-0.39, 0.29) is 9.74 Å². The van der Waals surface area contributed by atoms with E-state index in [1.807, 2.05) is 30.3 Å². The van der Waals surface area contributed by atoms with Crippen molar-refractivity contribution >= 4 is 21.8 Å². The van der Waals surface area contributed by atoms with Gasteiger partial charge in [0.2, 0.25) is 5.91 Å². The third-order valence-corrected chi connectivity index (χ3v) is 7.02. The van der Waals surface area contributed by atoms with Crippen LogP contribution in [-0.4, -0.2) is 23.4 Å². The van der Waals surface area contributed by atoms with Gasteiger partial charge in [-0.3, -0.25) is 4.79 Å². The number of nitrogens with one attached hydrogen (secondary N) is 1. The fraction of sp³-hybridized carbons (Fsp3) is 0.650. The van der Waals surface area contributed by atoms with Crippen molar-refractivity contribution < 1.29 is 9.53 Å². The van der Waals surface area contributed by atoms with Gasteiger partial charge in [-0.15, -0.1) is 0 Å². The molecule has 1 aromatic carbocycles. The van der Waals surface area contributed by atoms with Gasteiger partial charge in [0, 0.05) is 10.9 Å². The smallest absolute Gasteiger partial charge is 0.226 e. The van der Waals surface area contributed by atoms with E-state index < -0.39 is 0 Å². The summed E-state index contributed by atoms with van der Waals surface area (Å²) in [6, 6.07) is 9.85. The summed E-state index contributed by atoms with van der Waals surface area (Å²) in [7, 11) is 0. The molecule has 3 nitrogen and oxygen atoms in total. The Labute approximate surface area is 152 Å². The highest BCUT2D eigenvalue weighted by molar-refractivity contribution is 9.10. The molecule has 4 bridgehead atoms. The average molecular weight is 392 g/mol. The molecule has 4 saturated carbocycles. The molecule has 1 aromatic rings. The van der Waals surface area contributed by atoms with Crippen LogP contribution >= 0.6 is 15.9 Å². The van der Waals surface area contributed by atoms with Gasteiger partial charge < -0.3 is 10.1 Å². The van der Waals surface area contributed by atoms with Crippen LogP contribution in [0.1, 0.15) is 44.9 Å². The lowest BCUT2D eigenvalue weighted by molar-refractivity contribution is -0.144. The van der Waals surface area contributed by atoms with E-state index in [2.05, 4.69) is 21.2 Å². The number of rotatable bonds is 6. The highest BCUT2D eigenvalue weighted by Gasteiger charge is 2.59. The zero-order chi connectivity index (χ0) is 16.6. The van der Waals surface area contributed by atoms with Crippen LogP contribution in [0.4, 0.5) is 0 Å². The van der Waals surface area contributed by atoms with Gasteiger partial charge in [-0.25, -0.2) is 0 Å². The Bertz CT molecular complexity index is 589. The molecule has 4 aliphatic rings. The van der Waals surface area contributed by atoms with Crippen molar-refractivity contribution in [3.63, 3.8) is 0 Å². The van der Waals surface area contributed by atoms with Crippen LogP contribution in [-0.2, 0) is 4.79 Å². The molecule has 4 fully saturated rings. The van der Waals surface area contributed by atoms with Gasteiger partial charge >= 0.3 is 0 Å². The number of amides is 1. The fourth-order valence-electron chi connectivity index (χ4n) is 5.58. The number of hydrogen-bond acceptors (Lipinski definition) is 2. The zero-order valence-electron chi connectivity index (χ0n) is 14.1. The second kappa shape index (κ2) is 6.36. The molecule has 1 N–H and O–H groups in total. The summed E-state index contributed by atoms with van der Waals surface area (Å²) in [5, 5.41) is 3.20. The third-order valence-electron chi connectivity index (χ3n) is 6.09. The number of halogens is 1. The molecule has 2 atom stereocenters. The summed E-state index contributed by atoms with van der Waals surface area (Å²) in [5.41, 5.74) is -0.103. The molecular formula is C20H26BrNO2. The number of alkyl halides is 1. The predicted molar refractivity (Wildman–Crippen MR) is 98.3 cm³/mol. The molecule has 1 amide bonds. The van der Waals surface area contributed by atoms with Crippen LogP contribution in [0.25, 0.3) is 0 Å². The molecule has 0 saturated heterocycles. The van der Waals surface area contributed by atoms with Crippen molar-refractivity contribution in [1.29, 1.82) is 0 Å². The molecule has 4 heteroatoms. The standard InChI is InChI=1S/C20H26BrNO2/c21-20-12-15-9-16(13-20)11-19(10-15,14-20)18(23)22-7-4-8-24-17-5-2-1-3-6-17/h1-3,5-6,15-16H,4,7-14H2,(H,22,23). The number of hydrogen-bond donors (Lipinski definition) is 1. The maximum absolute atomic E-state index is 12.9. The molecular weight excluding hydrogens is 366 g/mol. The summed E-state index contributed by atoms with van der Waals surface area (Å²) < 4.78 is 5.94. The fourth-order valence-corrected chi connectivity index (χ4v) is 7.04. The van der Waals surface area contributed by atoms with Crippen LogP contribution in [0.15, 0.2) is 30.3 Å². The first-order chi connectivity index (χ1) is 11.6. The van der Waals surface area contributed by atoms with E-state index in [1.165, 1.54) is 19.3 Å². The lowest BCUT2D eigenvalue weighted by atomic mass is 9.49. The summed E-state index contributed by atoms with van der Waals surface area (Å²) in [5.74, 6) is 2.68. The van der Waals surface area contributed by atoms with Gasteiger partial charge in [0.1, 0.15) is 5.75 Å². The largest absolute Gasteiger partial charge is 0.494 e. The second-order valence-electron chi connectivity index (χ2n) is 8.16. The summed E-state index contributed by atoms with van der Waals surface area (Å²) in [6.07, 6.45) is 7.95. The van der Waals surface area contributed by atoms with Gasteiger partial charge in [-0.1, -0.05) is 34.1 Å². The Morgan fingerprint density at radius 1 is 1.17 bits per heavy atom. The summed E-state index contributed by atoms with van der Waals surface area (Å²) >= 11 is 3.98. The average Bonchev–Trinajstić information content (AvgIpc) is 2.53. The van der Waals surface area contributed by atoms with Gasteiger partial charge in [-0.05, 0) is 68.9 Å². The Morgan fingerprint density at radius 3 is 2.54 bits per heavy atom. The van der Waals surface area contributed by atoms with Gasteiger partial charge in [0.05, 0.1) is 12.0 Å². The topological polar surface area (TPSA) is 38.3 Å². The zero-order valence-corrected chi connectivity index (χ0v) is 15.7. The van der Waals surface area contributed by atoms with Crippen molar-refractivity contribution in [2.45, 2.75) is 49.3 Å². The van der Waals surface area contributed by atoms with E-state index in [9.17, 15) is 4.79 Å². The predicted octanol–water partition coefficient (Wildman–Crippen LogP) is 4.31. The van der Waals surface area contributed by atoms with Crippen molar-refractivity contribution in [3.05, 3.63) is 30.3 Å². The first-order valence-corrected chi connectivity index (χ1v) is 10.0. The summed E-state index contributed by atoms with van der Waals surface area (Å²) in [6.45, 7) is 1.35. The molecule has 0 heterocycles. The Hall–Kier alpha value is -1.03. The molecule has 0 spiro atoms. The number of carbonyl (C=O) groups excluding carboxylic acids is 1. The van der Waals surface area contributed by atoms with E-state index >= 15 is 0 Å². The highest BCUT2D eigenvalue weighted by atomic mass is 79.9. The lowest BCUT2D eigenvalue weighted by Crippen LogP contribution is -2.58. The SMILES string of the molecule is O=C(NCCCOc1ccccc1)C12CC3CC(CC(Br)(C3)C1)C2. The normalized spacial score (nSPS) is 36.5. The van der Waals surface area contributed by atoms with E-state index in [1.54, 1.807) is 0 Å². The quantitative estimate of drug-likeness (QED) is 0.579. The third kappa shape index (κ3) is 3.22. The van der Waals surface area contributed by atoms with Crippen LogP contribution in [0.5, 0.6) is 5.75 Å². The summed E-state index contributed by atoms with van der Waals surface area (Å²) in [4.78, 5) is 12.9. The molecule has 2 unspecified atom stereocenters. The maximum atomic E-state index is 12.9. The molecule has 4 aliphatic carbocycles. The van der Waals surface area contributed by atoms with Crippen LogP contribution < -0.4 is 10.1 Å². The van der Waals surface area contributed by atoms with Gasteiger partial charge in [0.15, 0.2) is 0 Å². The Balaban J connectivity index is 1.26. The number of para-hydroxylation sites is 1. The molecule has 0 aromatic heterocycles. The Morgan fingerprint density at radius 2 is 1.88 bits per heavy atom. The lowest BCUT2D eigenvalue weighted by Gasteiger charge is -2.59.